The van der Waals surface area contributed by atoms with Crippen molar-refractivity contribution in [3.8, 4) is 23.4 Å². The molecule has 6 nitrogen and oxygen atoms in total. The minimum Gasteiger partial charge on any atom is -0.399 e. The maximum Gasteiger partial charge on any atom is 0.177 e. The number of nitrogens with two attached hydrogens (primary N) is 1. The summed E-state index contributed by atoms with van der Waals surface area (Å²) in [5, 5.41) is 2.93. The third kappa shape index (κ3) is 6.36. The molecule has 0 unspecified atom stereocenters. The number of nitrogens with zero attached hydrogens (tertiary/aromatic N) is 3. The Labute approximate surface area is 219 Å². The largest absolute Gasteiger partial charge is 0.399 e. The van der Waals surface area contributed by atoms with Gasteiger partial charge in [0.1, 0.15) is 22.9 Å². The number of terminal acetylenes is 1. The molecule has 0 radical (unpaired) electrons. The Morgan fingerprint density at radius 3 is 2.73 bits per heavy atom. The molecular formula is C28H28F2N6S. The number of H-pyrrole nitrogens is 1. The number of fused-ring (bicyclic) bond motifs is 1. The maximum absolute atomic E-state index is 15.8. The minimum absolute atomic E-state index is 0.110. The van der Waals surface area contributed by atoms with Crippen LogP contribution in [0.25, 0.3) is 27.2 Å². The molecule has 0 saturated heterocycles. The summed E-state index contributed by atoms with van der Waals surface area (Å²) < 4.78 is 29.4. The molecule has 0 amide bonds. The zero-order valence-electron chi connectivity index (χ0n) is 20.7. The van der Waals surface area contributed by atoms with Gasteiger partial charge in [-0.2, -0.15) is 4.39 Å². The van der Waals surface area contributed by atoms with Crippen LogP contribution in [0.5, 0.6) is 0 Å². The van der Waals surface area contributed by atoms with Crippen LogP contribution in [-0.2, 0) is 13.0 Å². The van der Waals surface area contributed by atoms with Gasteiger partial charge in [-0.15, -0.1) is 24.2 Å². The highest BCUT2D eigenvalue weighted by atomic mass is 32.1. The van der Waals surface area contributed by atoms with Gasteiger partial charge >= 0.3 is 0 Å². The Kier molecular flexibility index (Phi) is 9.44. The van der Waals surface area contributed by atoms with Crippen molar-refractivity contribution in [1.29, 1.82) is 0 Å². The summed E-state index contributed by atoms with van der Waals surface area (Å²) >= 11 is 0.996. The summed E-state index contributed by atoms with van der Waals surface area (Å²) in [5.41, 5.74) is 10.3. The molecule has 37 heavy (non-hydrogen) atoms. The lowest BCUT2D eigenvalue weighted by Gasteiger charge is -2.12. The number of hydrogen-bond donors (Lipinski definition) is 3. The lowest BCUT2D eigenvalue weighted by Crippen LogP contribution is -2.12. The number of thiophene rings is 1. The highest BCUT2D eigenvalue weighted by Crippen LogP contribution is 2.32. The number of aromatic nitrogens is 4. The van der Waals surface area contributed by atoms with Gasteiger partial charge in [-0.05, 0) is 43.3 Å². The van der Waals surface area contributed by atoms with Gasteiger partial charge in [-0.3, -0.25) is 9.97 Å². The van der Waals surface area contributed by atoms with E-state index in [1.165, 1.54) is 6.07 Å². The van der Waals surface area contributed by atoms with Crippen LogP contribution in [-0.4, -0.2) is 26.5 Å². The van der Waals surface area contributed by atoms with Crippen molar-refractivity contribution in [1.82, 2.24) is 25.3 Å². The van der Waals surface area contributed by atoms with Crippen molar-refractivity contribution in [2.45, 2.75) is 26.8 Å². The van der Waals surface area contributed by atoms with Crippen LogP contribution in [0.1, 0.15) is 30.8 Å². The zero-order chi connectivity index (χ0) is 26.9. The predicted octanol–water partition coefficient (Wildman–Crippen LogP) is 5.92. The molecule has 0 saturated carbocycles. The van der Waals surface area contributed by atoms with E-state index in [4.69, 9.17) is 5.73 Å². The van der Waals surface area contributed by atoms with Crippen molar-refractivity contribution in [2.24, 2.45) is 5.73 Å². The van der Waals surface area contributed by atoms with E-state index in [9.17, 15) is 4.39 Å². The van der Waals surface area contributed by atoms with Crippen LogP contribution in [0, 0.1) is 18.0 Å². The molecule has 0 aliphatic carbocycles. The average molecular weight is 519 g/mol. The Morgan fingerprint density at radius 2 is 2.05 bits per heavy atom. The number of halogens is 2. The molecule has 0 bridgehead atoms. The maximum atomic E-state index is 15.8. The molecule has 0 spiro atoms. The highest BCUT2D eigenvalue weighted by molar-refractivity contribution is 7.13. The van der Waals surface area contributed by atoms with E-state index in [-0.39, 0.29) is 22.7 Å². The first kappa shape index (κ1) is 27.5. The molecule has 0 aliphatic rings. The van der Waals surface area contributed by atoms with E-state index >= 15 is 4.39 Å². The van der Waals surface area contributed by atoms with E-state index in [2.05, 4.69) is 44.7 Å². The van der Waals surface area contributed by atoms with Crippen LogP contribution in [0.4, 0.5) is 8.78 Å². The molecule has 4 aromatic heterocycles. The monoisotopic (exact) mass is 518 g/mol. The number of pyridine rings is 2. The fraction of sp³-hybridized carbons (Fsp3) is 0.179. The number of nitrogens with one attached hydrogen (secondary N) is 2. The fourth-order valence-electron chi connectivity index (χ4n) is 3.67. The third-order valence-electron chi connectivity index (χ3n) is 5.51. The number of allylic oxidation sites excluding steroid dienone is 4. The van der Waals surface area contributed by atoms with Gasteiger partial charge in [0.15, 0.2) is 5.13 Å². The Hall–Kier alpha value is -4.13. The molecule has 0 aromatic carbocycles. The van der Waals surface area contributed by atoms with E-state index in [1.54, 1.807) is 43.7 Å². The van der Waals surface area contributed by atoms with Crippen molar-refractivity contribution in [3.05, 3.63) is 94.7 Å². The quantitative estimate of drug-likeness (QED) is 0.189. The van der Waals surface area contributed by atoms with Crippen LogP contribution >= 0.6 is 11.3 Å². The molecule has 0 fully saturated rings. The molecule has 4 aromatic rings. The number of imidazole rings is 1. The third-order valence-corrected chi connectivity index (χ3v) is 6.39. The SMILES string of the molecule is C#C.C=C(/C(F)=C(Cc1nc2c(-c3ccc(F)s3)nccc2[nH]1)\C(N)=C/C)c1cncc(CNCC)c1. The van der Waals surface area contributed by atoms with Gasteiger partial charge in [0, 0.05) is 54.0 Å². The van der Waals surface area contributed by atoms with E-state index < -0.39 is 5.83 Å². The van der Waals surface area contributed by atoms with Crippen LogP contribution in [0.3, 0.4) is 0 Å². The van der Waals surface area contributed by atoms with E-state index in [0.717, 1.165) is 29.0 Å². The number of hydrogen-bond acceptors (Lipinski definition) is 6. The Balaban J connectivity index is 0.00000186. The molecule has 9 heteroatoms. The van der Waals surface area contributed by atoms with Gasteiger partial charge < -0.3 is 16.0 Å². The van der Waals surface area contributed by atoms with E-state index in [1.807, 2.05) is 13.0 Å². The molecular weight excluding hydrogens is 490 g/mol. The average Bonchev–Trinajstić information content (AvgIpc) is 3.56. The van der Waals surface area contributed by atoms with Gasteiger partial charge in [0.2, 0.25) is 0 Å². The summed E-state index contributed by atoms with van der Waals surface area (Å²) in [7, 11) is 0. The second kappa shape index (κ2) is 12.7. The molecule has 4 heterocycles. The highest BCUT2D eigenvalue weighted by Gasteiger charge is 2.19. The van der Waals surface area contributed by atoms with Gasteiger partial charge in [-0.1, -0.05) is 19.6 Å². The summed E-state index contributed by atoms with van der Waals surface area (Å²) in [5.74, 6) is -0.0183. The summed E-state index contributed by atoms with van der Waals surface area (Å²) in [4.78, 5) is 17.1. The normalized spacial score (nSPS) is 12.1. The van der Waals surface area contributed by atoms with Gasteiger partial charge in [0.05, 0.1) is 10.4 Å². The van der Waals surface area contributed by atoms with Gasteiger partial charge in [0.25, 0.3) is 0 Å². The Bertz CT molecular complexity index is 1480. The Morgan fingerprint density at radius 1 is 1.27 bits per heavy atom. The number of aromatic amines is 1. The lowest BCUT2D eigenvalue weighted by atomic mass is 9.99. The molecule has 190 valence electrons. The van der Waals surface area contributed by atoms with Crippen molar-refractivity contribution in [3.63, 3.8) is 0 Å². The molecule has 0 atom stereocenters. The molecule has 4 N–H and O–H groups in total. The summed E-state index contributed by atoms with van der Waals surface area (Å²) in [6.07, 6.45) is 14.7. The topological polar surface area (TPSA) is 92.5 Å². The van der Waals surface area contributed by atoms with Crippen LogP contribution in [0.2, 0.25) is 0 Å². The van der Waals surface area contributed by atoms with Gasteiger partial charge in [-0.25, -0.2) is 9.37 Å². The summed E-state index contributed by atoms with van der Waals surface area (Å²) in [6, 6.07) is 6.70. The second-order valence-electron chi connectivity index (χ2n) is 7.90. The first-order valence-electron chi connectivity index (χ1n) is 11.5. The lowest BCUT2D eigenvalue weighted by molar-refractivity contribution is 0.656. The number of rotatable bonds is 9. The predicted molar refractivity (Wildman–Crippen MR) is 147 cm³/mol. The standard InChI is InChI=1S/C26H26F2N6S.C2H2/c1-4-19(29)18(24(28)15(3)17-10-16(12-30-5-2)13-31-14-17)11-23-33-20-8-9-32-26(25(20)34-23)21-6-7-22(27)35-21;1-2/h4,6-10,13-14,30H,3,5,11-12,29H2,1-2H3,(H,33,34);1-2H/b19-4+,24-18+;. The molecule has 0 aliphatic heterocycles. The van der Waals surface area contributed by atoms with Crippen LogP contribution in [0.15, 0.2) is 72.6 Å². The fourth-order valence-corrected chi connectivity index (χ4v) is 4.40. The zero-order valence-corrected chi connectivity index (χ0v) is 21.5. The van der Waals surface area contributed by atoms with Crippen molar-refractivity contribution < 1.29 is 8.78 Å². The van der Waals surface area contributed by atoms with E-state index in [0.29, 0.717) is 39.7 Å². The second-order valence-corrected chi connectivity index (χ2v) is 8.93. The van der Waals surface area contributed by atoms with Crippen LogP contribution < -0.4 is 11.1 Å². The molecule has 4 rings (SSSR count). The first-order chi connectivity index (χ1) is 17.9. The van der Waals surface area contributed by atoms with Crippen molar-refractivity contribution in [2.75, 3.05) is 6.54 Å². The first-order valence-corrected chi connectivity index (χ1v) is 12.3. The smallest absolute Gasteiger partial charge is 0.177 e. The summed E-state index contributed by atoms with van der Waals surface area (Å²) in [6.45, 7) is 9.18. The minimum atomic E-state index is -0.526. The van der Waals surface area contributed by atoms with Crippen molar-refractivity contribution >= 4 is 27.9 Å².